The van der Waals surface area contributed by atoms with Crippen LogP contribution in [-0.4, -0.2) is 142 Å². The molecule has 0 aliphatic heterocycles. The van der Waals surface area contributed by atoms with Crippen LogP contribution >= 0.6 is 15.9 Å². The van der Waals surface area contributed by atoms with Crippen LogP contribution in [0.4, 0.5) is 0 Å². The van der Waals surface area contributed by atoms with Crippen molar-refractivity contribution in [3.8, 4) is 0 Å². The third kappa shape index (κ3) is 39.2. The zero-order chi connectivity index (χ0) is 42.2. The van der Waals surface area contributed by atoms with Gasteiger partial charge in [0.15, 0.2) is 0 Å². The van der Waals surface area contributed by atoms with Crippen molar-refractivity contribution in [2.45, 2.75) is 115 Å². The normalized spacial score (nSPS) is 11.4. The Morgan fingerprint density at radius 2 is 0.877 bits per heavy atom. The van der Waals surface area contributed by atoms with E-state index in [9.17, 15) is 38.7 Å². The number of hydrogen-bond donors (Lipinski definition) is 7. The number of carboxylic acid groups (broad SMARTS) is 2. The van der Waals surface area contributed by atoms with Crippen LogP contribution in [0.3, 0.4) is 0 Å². The molecule has 7 N–H and O–H groups in total. The number of nitrogens with one attached hydrogen (secondary N) is 5. The van der Waals surface area contributed by atoms with Gasteiger partial charge < -0.3 is 55.7 Å². The van der Waals surface area contributed by atoms with Crippen LogP contribution in [0, 0.1) is 0 Å². The van der Waals surface area contributed by atoms with Gasteiger partial charge in [0.1, 0.15) is 12.6 Å². The Kier molecular flexibility index (Phi) is 37.1. The molecule has 0 aromatic carbocycles. The predicted molar refractivity (Wildman–Crippen MR) is 215 cm³/mol. The molecule has 0 aromatic heterocycles. The van der Waals surface area contributed by atoms with E-state index >= 15 is 0 Å². The number of unbranched alkanes of at least 4 members (excludes halogenated alkanes) is 11. The molecule has 0 unspecified atom stereocenters. The van der Waals surface area contributed by atoms with Crippen LogP contribution in [0.25, 0.3) is 0 Å². The Bertz CT molecular complexity index is 1120. The summed E-state index contributed by atoms with van der Waals surface area (Å²) in [7, 11) is 0. The SMILES string of the molecule is O=C(O)CCCCCCCCCCCCCCC(=O)N[C@@H](CCC(=O)NCCOCCOCC(=O)NCCOCCOCCC(=O)NCCNC(=O)CBr)C(=O)O. The zero-order valence-corrected chi connectivity index (χ0v) is 35.1. The van der Waals surface area contributed by atoms with Crippen molar-refractivity contribution >= 4 is 57.4 Å². The topological polar surface area (TPSA) is 257 Å². The fourth-order valence-electron chi connectivity index (χ4n) is 5.20. The molecule has 0 heterocycles. The quantitative estimate of drug-likeness (QED) is 0.0344. The number of halogens is 1. The van der Waals surface area contributed by atoms with Crippen molar-refractivity contribution in [1.82, 2.24) is 26.6 Å². The second-order valence-electron chi connectivity index (χ2n) is 13.3. The van der Waals surface area contributed by atoms with Crippen LogP contribution in [0.5, 0.6) is 0 Å². The van der Waals surface area contributed by atoms with Crippen molar-refractivity contribution in [2.24, 2.45) is 0 Å². The number of alkyl halides is 1. The third-order valence-electron chi connectivity index (χ3n) is 8.32. The average Bonchev–Trinajstić information content (AvgIpc) is 3.18. The fourth-order valence-corrected chi connectivity index (χ4v) is 5.40. The molecule has 0 saturated heterocycles. The van der Waals surface area contributed by atoms with Gasteiger partial charge >= 0.3 is 11.9 Å². The summed E-state index contributed by atoms with van der Waals surface area (Å²) >= 11 is 3.03. The largest absolute Gasteiger partial charge is 0.481 e. The minimum absolute atomic E-state index is 0.0302. The summed E-state index contributed by atoms with van der Waals surface area (Å²) in [4.78, 5) is 81.2. The highest BCUT2D eigenvalue weighted by atomic mass is 79.9. The smallest absolute Gasteiger partial charge is 0.326 e. The first kappa shape index (κ1) is 53.6. The standard InChI is InChI=1S/C38H68BrN5O13/c39-29-35(48)41-19-18-40-33(46)17-22-54-25-26-55-24-21-43-36(49)30-57-28-27-56-23-20-42-32(45)16-15-31(38(52)53)44-34(47)13-11-9-7-5-3-1-2-4-6-8-10-12-14-37(50)51/h31H,1-30H2,(H,40,46)(H,41,48)(H,42,45)(H,43,49)(H,44,47)(H,50,51)(H,52,53)/t31-/m0/s1. The second kappa shape index (κ2) is 39.4. The lowest BCUT2D eigenvalue weighted by Crippen LogP contribution is -2.41. The first-order valence-corrected chi connectivity index (χ1v) is 21.3. The molecule has 57 heavy (non-hydrogen) atoms. The van der Waals surface area contributed by atoms with Gasteiger partial charge in [-0.3, -0.25) is 28.8 Å². The van der Waals surface area contributed by atoms with Gasteiger partial charge in [-0.05, 0) is 19.3 Å². The van der Waals surface area contributed by atoms with E-state index in [1.165, 1.54) is 19.3 Å². The highest BCUT2D eigenvalue weighted by molar-refractivity contribution is 9.09. The summed E-state index contributed by atoms with van der Waals surface area (Å²) in [5.41, 5.74) is 0. The van der Waals surface area contributed by atoms with Crippen LogP contribution in [0.1, 0.15) is 109 Å². The summed E-state index contributed by atoms with van der Waals surface area (Å²) in [6, 6.07) is -1.14. The lowest BCUT2D eigenvalue weighted by Gasteiger charge is -2.14. The van der Waals surface area contributed by atoms with E-state index in [1.54, 1.807) is 0 Å². The van der Waals surface area contributed by atoms with Gasteiger partial charge in [0.05, 0.1) is 51.6 Å². The molecule has 19 heteroatoms. The maximum atomic E-state index is 12.3. The van der Waals surface area contributed by atoms with Gasteiger partial charge in [-0.15, -0.1) is 0 Å². The van der Waals surface area contributed by atoms with Crippen LogP contribution in [0.15, 0.2) is 0 Å². The van der Waals surface area contributed by atoms with Crippen molar-refractivity contribution < 1.29 is 62.7 Å². The van der Waals surface area contributed by atoms with Gasteiger partial charge in [-0.2, -0.15) is 0 Å². The highest BCUT2D eigenvalue weighted by Gasteiger charge is 2.20. The molecule has 0 rings (SSSR count). The van der Waals surface area contributed by atoms with E-state index in [0.29, 0.717) is 32.7 Å². The first-order valence-electron chi connectivity index (χ1n) is 20.2. The zero-order valence-electron chi connectivity index (χ0n) is 33.6. The van der Waals surface area contributed by atoms with Gasteiger partial charge in [-0.1, -0.05) is 80.1 Å². The summed E-state index contributed by atoms with van der Waals surface area (Å²) in [5, 5.41) is 31.5. The molecule has 0 aromatic rings. The molecular formula is C38H68BrN5O13. The number of carbonyl (C=O) groups excluding carboxylic acids is 5. The number of hydrogen-bond acceptors (Lipinski definition) is 11. The summed E-state index contributed by atoms with van der Waals surface area (Å²) in [5.74, 6) is -3.25. The lowest BCUT2D eigenvalue weighted by molar-refractivity contribution is -0.142. The molecule has 1 atom stereocenters. The number of ether oxygens (including phenoxy) is 4. The first-order chi connectivity index (χ1) is 27.5. The minimum Gasteiger partial charge on any atom is -0.481 e. The molecular weight excluding hydrogens is 814 g/mol. The van der Waals surface area contributed by atoms with E-state index in [2.05, 4.69) is 42.5 Å². The van der Waals surface area contributed by atoms with E-state index in [-0.39, 0.29) is 120 Å². The molecule has 330 valence electrons. The molecule has 18 nitrogen and oxygen atoms in total. The minimum atomic E-state index is -1.19. The molecule has 0 radical (unpaired) electrons. The number of aliphatic carboxylic acids is 2. The number of rotatable bonds is 41. The van der Waals surface area contributed by atoms with E-state index in [0.717, 1.165) is 51.4 Å². The Morgan fingerprint density at radius 3 is 1.40 bits per heavy atom. The monoisotopic (exact) mass is 881 g/mol. The molecule has 0 aliphatic carbocycles. The maximum Gasteiger partial charge on any atom is 0.326 e. The van der Waals surface area contributed by atoms with Crippen molar-refractivity contribution in [3.05, 3.63) is 0 Å². The van der Waals surface area contributed by atoms with Crippen LogP contribution < -0.4 is 26.6 Å². The number of carbonyl (C=O) groups is 7. The fraction of sp³-hybridized carbons (Fsp3) is 0.816. The molecule has 0 spiro atoms. The van der Waals surface area contributed by atoms with E-state index < -0.39 is 18.0 Å². The van der Waals surface area contributed by atoms with Crippen LogP contribution in [-0.2, 0) is 52.5 Å². The molecule has 0 bridgehead atoms. The Hall–Kier alpha value is -3.39. The van der Waals surface area contributed by atoms with Crippen molar-refractivity contribution in [2.75, 3.05) is 84.4 Å². The molecule has 5 amide bonds. The van der Waals surface area contributed by atoms with Crippen molar-refractivity contribution in [3.63, 3.8) is 0 Å². The number of amides is 5. The lowest BCUT2D eigenvalue weighted by atomic mass is 10.0. The van der Waals surface area contributed by atoms with Gasteiger partial charge in [0.2, 0.25) is 29.5 Å². The summed E-state index contributed by atoms with van der Waals surface area (Å²) in [6.45, 7) is 2.72. The Morgan fingerprint density at radius 1 is 0.439 bits per heavy atom. The van der Waals surface area contributed by atoms with Gasteiger partial charge in [0, 0.05) is 51.9 Å². The van der Waals surface area contributed by atoms with Gasteiger partial charge in [0.25, 0.3) is 0 Å². The van der Waals surface area contributed by atoms with Crippen LogP contribution in [0.2, 0.25) is 0 Å². The van der Waals surface area contributed by atoms with E-state index in [4.69, 9.17) is 24.1 Å². The van der Waals surface area contributed by atoms with E-state index in [1.807, 2.05) is 0 Å². The second-order valence-corrected chi connectivity index (χ2v) is 13.9. The number of carboxylic acids is 2. The molecule has 0 aliphatic rings. The Labute approximate surface area is 345 Å². The summed E-state index contributed by atoms with van der Waals surface area (Å²) in [6.07, 6.45) is 12.9. The molecule has 0 fully saturated rings. The molecule has 0 saturated carbocycles. The average molecular weight is 883 g/mol. The maximum absolute atomic E-state index is 12.3. The highest BCUT2D eigenvalue weighted by Crippen LogP contribution is 2.13. The van der Waals surface area contributed by atoms with Crippen molar-refractivity contribution in [1.29, 1.82) is 0 Å². The Balaban J connectivity index is 3.65. The van der Waals surface area contributed by atoms with Gasteiger partial charge in [-0.25, -0.2) is 4.79 Å². The third-order valence-corrected chi connectivity index (χ3v) is 8.83. The predicted octanol–water partition coefficient (Wildman–Crippen LogP) is 2.20. The summed E-state index contributed by atoms with van der Waals surface area (Å²) < 4.78 is 21.4.